The normalized spacial score (nSPS) is 11.1. The Morgan fingerprint density at radius 3 is 2.72 bits per heavy atom. The highest BCUT2D eigenvalue weighted by molar-refractivity contribution is 9.10. The molecule has 0 unspecified atom stereocenters. The summed E-state index contributed by atoms with van der Waals surface area (Å²) in [6.45, 7) is 0.947. The number of furan rings is 1. The van der Waals surface area contributed by atoms with Gasteiger partial charge in [-0.1, -0.05) is 46.3 Å². The lowest BCUT2D eigenvalue weighted by molar-refractivity contribution is -0.682. The molecule has 4 rings (SSSR count). The Labute approximate surface area is 153 Å². The van der Waals surface area contributed by atoms with Crippen LogP contribution in [0.5, 0.6) is 0 Å². The van der Waals surface area contributed by atoms with Gasteiger partial charge in [-0.3, -0.25) is 4.79 Å². The minimum atomic E-state index is 0.0824. The lowest BCUT2D eigenvalue weighted by atomic mass is 10.1. The van der Waals surface area contributed by atoms with Crippen LogP contribution in [-0.4, -0.2) is 10.4 Å². The SMILES string of the molecule is O=C(C[n+]1ccn(Cc2cc3ccccc3o2)c1)c1ccc(Br)cc1. The lowest BCUT2D eigenvalue weighted by Crippen LogP contribution is -2.35. The van der Waals surface area contributed by atoms with E-state index in [4.69, 9.17) is 4.42 Å². The van der Waals surface area contributed by atoms with Gasteiger partial charge in [0.2, 0.25) is 12.1 Å². The number of ketones is 1. The van der Waals surface area contributed by atoms with Gasteiger partial charge in [0.15, 0.2) is 6.54 Å². The van der Waals surface area contributed by atoms with Crippen molar-refractivity contribution in [1.29, 1.82) is 0 Å². The molecule has 0 fully saturated rings. The second kappa shape index (κ2) is 6.69. The molecule has 2 aromatic carbocycles. The van der Waals surface area contributed by atoms with Crippen LogP contribution in [0.2, 0.25) is 0 Å². The molecule has 0 amide bonds. The second-order valence-electron chi connectivity index (χ2n) is 5.94. The summed E-state index contributed by atoms with van der Waals surface area (Å²) in [5.41, 5.74) is 1.60. The highest BCUT2D eigenvalue weighted by Gasteiger charge is 2.13. The monoisotopic (exact) mass is 395 g/mol. The average Bonchev–Trinajstić information content (AvgIpc) is 3.21. The molecule has 4 aromatic rings. The number of fused-ring (bicyclic) bond motifs is 1. The smallest absolute Gasteiger partial charge is 0.244 e. The fraction of sp³-hybridized carbons (Fsp3) is 0.100. The van der Waals surface area contributed by atoms with Crippen LogP contribution < -0.4 is 4.57 Å². The Balaban J connectivity index is 1.46. The summed E-state index contributed by atoms with van der Waals surface area (Å²) < 4.78 is 10.7. The highest BCUT2D eigenvalue weighted by Crippen LogP contribution is 2.19. The maximum atomic E-state index is 12.3. The third kappa shape index (κ3) is 3.56. The number of Topliss-reactive ketones (excluding diaryl/α,β-unsaturated/α-hetero) is 1. The van der Waals surface area contributed by atoms with Crippen LogP contribution in [-0.2, 0) is 13.1 Å². The maximum absolute atomic E-state index is 12.3. The zero-order valence-electron chi connectivity index (χ0n) is 13.4. The molecule has 0 aliphatic heterocycles. The predicted molar refractivity (Wildman–Crippen MR) is 98.4 cm³/mol. The Morgan fingerprint density at radius 1 is 1.12 bits per heavy atom. The Bertz CT molecular complexity index is 998. The van der Waals surface area contributed by atoms with Crippen LogP contribution in [0.4, 0.5) is 0 Å². The van der Waals surface area contributed by atoms with Gasteiger partial charge in [-0.15, -0.1) is 0 Å². The first kappa shape index (κ1) is 15.8. The number of rotatable bonds is 5. The van der Waals surface area contributed by atoms with E-state index < -0.39 is 0 Å². The van der Waals surface area contributed by atoms with Crippen LogP contribution in [0, 0.1) is 0 Å². The molecule has 0 atom stereocenters. The maximum Gasteiger partial charge on any atom is 0.244 e. The van der Waals surface area contributed by atoms with Crippen molar-refractivity contribution in [2.24, 2.45) is 0 Å². The number of carbonyl (C=O) groups excluding carboxylic acids is 1. The number of halogens is 1. The zero-order valence-corrected chi connectivity index (χ0v) is 15.0. The number of aromatic nitrogens is 2. The minimum absolute atomic E-state index is 0.0824. The molecule has 0 aliphatic rings. The fourth-order valence-electron chi connectivity index (χ4n) is 2.81. The molecular formula is C20H16BrN2O2+. The quantitative estimate of drug-likeness (QED) is 0.374. The van der Waals surface area contributed by atoms with E-state index in [1.54, 1.807) is 0 Å². The van der Waals surface area contributed by atoms with Gasteiger partial charge in [0.25, 0.3) is 0 Å². The van der Waals surface area contributed by atoms with E-state index >= 15 is 0 Å². The van der Waals surface area contributed by atoms with E-state index in [1.165, 1.54) is 0 Å². The van der Waals surface area contributed by atoms with Crippen molar-refractivity contribution in [2.45, 2.75) is 13.1 Å². The number of benzene rings is 2. The Morgan fingerprint density at radius 2 is 1.92 bits per heavy atom. The van der Waals surface area contributed by atoms with Crippen molar-refractivity contribution in [1.82, 2.24) is 4.57 Å². The minimum Gasteiger partial charge on any atom is -0.457 e. The van der Waals surface area contributed by atoms with E-state index in [1.807, 2.05) is 82.5 Å². The molecule has 2 aromatic heterocycles. The van der Waals surface area contributed by atoms with Crippen molar-refractivity contribution in [3.63, 3.8) is 0 Å². The first-order valence-corrected chi connectivity index (χ1v) is 8.78. The standard InChI is InChI=1S/C20H16BrN2O2/c21-17-7-5-15(6-8-17)19(24)13-23-10-9-22(14-23)12-18-11-16-3-1-2-4-20(16)25-18/h1-11,14H,12-13H2/q+1. The Kier molecular flexibility index (Phi) is 4.24. The topological polar surface area (TPSA) is 39.0 Å². The van der Waals surface area contributed by atoms with Crippen LogP contribution in [0.3, 0.4) is 0 Å². The molecule has 0 radical (unpaired) electrons. The molecule has 0 aliphatic carbocycles. The zero-order chi connectivity index (χ0) is 17.2. The molecule has 0 spiro atoms. The first-order chi connectivity index (χ1) is 12.2. The fourth-order valence-corrected chi connectivity index (χ4v) is 3.08. The number of carbonyl (C=O) groups is 1. The van der Waals surface area contributed by atoms with E-state index in [9.17, 15) is 4.79 Å². The number of imidazole rings is 1. The molecule has 5 heteroatoms. The number of hydrogen-bond donors (Lipinski definition) is 0. The van der Waals surface area contributed by atoms with Gasteiger partial charge in [-0.05, 0) is 24.3 Å². The van der Waals surface area contributed by atoms with Gasteiger partial charge < -0.3 is 4.42 Å². The van der Waals surface area contributed by atoms with Crippen molar-refractivity contribution in [3.8, 4) is 0 Å². The predicted octanol–water partition coefficient (Wildman–Crippen LogP) is 4.22. The van der Waals surface area contributed by atoms with E-state index in [0.29, 0.717) is 18.7 Å². The third-order valence-electron chi connectivity index (χ3n) is 4.05. The van der Waals surface area contributed by atoms with Crippen molar-refractivity contribution in [2.75, 3.05) is 0 Å². The van der Waals surface area contributed by atoms with Crippen LogP contribution in [0.15, 0.2) is 82.2 Å². The molecule has 4 nitrogen and oxygen atoms in total. The second-order valence-corrected chi connectivity index (χ2v) is 6.85. The van der Waals surface area contributed by atoms with Gasteiger partial charge in [-0.2, -0.15) is 0 Å². The van der Waals surface area contributed by atoms with Crippen molar-refractivity contribution < 1.29 is 13.8 Å². The molecule has 124 valence electrons. The summed E-state index contributed by atoms with van der Waals surface area (Å²) in [6.07, 6.45) is 5.77. The number of para-hydroxylation sites is 1. The van der Waals surface area contributed by atoms with Gasteiger partial charge in [0.05, 0.1) is 0 Å². The van der Waals surface area contributed by atoms with Gasteiger partial charge in [-0.25, -0.2) is 9.13 Å². The molecule has 0 bridgehead atoms. The highest BCUT2D eigenvalue weighted by atomic mass is 79.9. The molecule has 25 heavy (non-hydrogen) atoms. The molecule has 2 heterocycles. The molecule has 0 N–H and O–H groups in total. The van der Waals surface area contributed by atoms with E-state index in [-0.39, 0.29) is 5.78 Å². The van der Waals surface area contributed by atoms with Gasteiger partial charge >= 0.3 is 0 Å². The summed E-state index contributed by atoms with van der Waals surface area (Å²) in [5, 5.41) is 1.10. The summed E-state index contributed by atoms with van der Waals surface area (Å²) in [5.74, 6) is 0.974. The number of nitrogens with zero attached hydrogens (tertiary/aromatic N) is 2. The van der Waals surface area contributed by atoms with Crippen LogP contribution >= 0.6 is 15.9 Å². The van der Waals surface area contributed by atoms with Crippen molar-refractivity contribution in [3.05, 3.63) is 89.1 Å². The average molecular weight is 396 g/mol. The van der Waals surface area contributed by atoms with Crippen molar-refractivity contribution >= 4 is 32.7 Å². The largest absolute Gasteiger partial charge is 0.457 e. The summed E-state index contributed by atoms with van der Waals surface area (Å²) in [4.78, 5) is 12.3. The van der Waals surface area contributed by atoms with E-state index in [0.717, 1.165) is 21.2 Å². The van der Waals surface area contributed by atoms with Crippen LogP contribution in [0.25, 0.3) is 11.0 Å². The number of hydrogen-bond acceptors (Lipinski definition) is 2. The Hall–Kier alpha value is -2.66. The molecule has 0 saturated carbocycles. The molecular weight excluding hydrogens is 380 g/mol. The van der Waals surface area contributed by atoms with Crippen LogP contribution in [0.1, 0.15) is 16.1 Å². The van der Waals surface area contributed by atoms with Gasteiger partial charge in [0.1, 0.15) is 30.3 Å². The van der Waals surface area contributed by atoms with Gasteiger partial charge in [0, 0.05) is 15.4 Å². The summed E-state index contributed by atoms with van der Waals surface area (Å²) in [6, 6.07) is 17.4. The lowest BCUT2D eigenvalue weighted by Gasteiger charge is -1.98. The van der Waals surface area contributed by atoms with E-state index in [2.05, 4.69) is 15.9 Å². The third-order valence-corrected chi connectivity index (χ3v) is 4.58. The summed E-state index contributed by atoms with van der Waals surface area (Å²) >= 11 is 3.38. The summed E-state index contributed by atoms with van der Waals surface area (Å²) in [7, 11) is 0. The first-order valence-electron chi connectivity index (χ1n) is 7.98. The molecule has 0 saturated heterocycles.